The molecule has 0 aliphatic carbocycles. The molecular formula is C22H16ClFN4O2. The number of hydrogen-bond donors (Lipinski definition) is 2. The number of anilines is 1. The second kappa shape index (κ2) is 8.75. The van der Waals surface area contributed by atoms with Gasteiger partial charge in [-0.25, -0.2) is 9.18 Å². The van der Waals surface area contributed by atoms with Gasteiger partial charge in [-0.2, -0.15) is 0 Å². The molecule has 0 aliphatic heterocycles. The van der Waals surface area contributed by atoms with Crippen molar-refractivity contribution in [2.45, 2.75) is 6.04 Å². The fraction of sp³-hybridized carbons (Fsp3) is 0.0455. The van der Waals surface area contributed by atoms with E-state index in [1.54, 1.807) is 36.4 Å². The molecule has 1 atom stereocenters. The fourth-order valence-corrected chi connectivity index (χ4v) is 2.95. The third kappa shape index (κ3) is 4.64. The Labute approximate surface area is 176 Å². The van der Waals surface area contributed by atoms with Crippen molar-refractivity contribution < 1.29 is 13.6 Å². The molecule has 0 saturated carbocycles. The van der Waals surface area contributed by atoms with Crippen LogP contribution in [0.4, 0.5) is 14.9 Å². The lowest BCUT2D eigenvalue weighted by Gasteiger charge is -2.16. The molecule has 0 fully saturated rings. The highest BCUT2D eigenvalue weighted by atomic mass is 35.5. The van der Waals surface area contributed by atoms with Gasteiger partial charge in [0, 0.05) is 16.3 Å². The largest absolute Gasteiger partial charge is 0.418 e. The van der Waals surface area contributed by atoms with Gasteiger partial charge in [-0.05, 0) is 54.1 Å². The summed E-state index contributed by atoms with van der Waals surface area (Å²) in [5, 5.41) is 14.2. The number of rotatable bonds is 5. The Balaban J connectivity index is 1.60. The van der Waals surface area contributed by atoms with Crippen molar-refractivity contribution in [2.75, 3.05) is 5.32 Å². The topological polar surface area (TPSA) is 80.0 Å². The predicted octanol–water partition coefficient (Wildman–Crippen LogP) is 5.44. The lowest BCUT2D eigenvalue weighted by molar-refractivity contribution is 0.248. The first-order valence-corrected chi connectivity index (χ1v) is 9.43. The Morgan fingerprint density at radius 1 is 0.933 bits per heavy atom. The molecular weight excluding hydrogens is 407 g/mol. The molecule has 0 radical (unpaired) electrons. The predicted molar refractivity (Wildman–Crippen MR) is 112 cm³/mol. The van der Waals surface area contributed by atoms with Crippen LogP contribution in [0.2, 0.25) is 5.02 Å². The number of nitrogens with one attached hydrogen (secondary N) is 2. The number of hydrogen-bond acceptors (Lipinski definition) is 4. The average molecular weight is 423 g/mol. The maximum atomic E-state index is 13.4. The van der Waals surface area contributed by atoms with E-state index >= 15 is 0 Å². The number of carbonyl (C=O) groups excluding carboxylic acids is 1. The number of carbonyl (C=O) groups is 1. The minimum absolute atomic E-state index is 0.173. The molecule has 3 aromatic carbocycles. The van der Waals surface area contributed by atoms with E-state index in [0.717, 1.165) is 5.56 Å². The molecule has 8 heteroatoms. The van der Waals surface area contributed by atoms with Gasteiger partial charge in [0.25, 0.3) is 0 Å². The summed E-state index contributed by atoms with van der Waals surface area (Å²) >= 11 is 5.87. The van der Waals surface area contributed by atoms with Crippen LogP contribution in [-0.4, -0.2) is 16.2 Å². The molecule has 1 heterocycles. The van der Waals surface area contributed by atoms with Crippen LogP contribution in [-0.2, 0) is 0 Å². The first-order chi connectivity index (χ1) is 14.6. The van der Waals surface area contributed by atoms with Crippen molar-refractivity contribution in [3.05, 3.63) is 101 Å². The Hall–Kier alpha value is -3.71. The molecule has 6 nitrogen and oxygen atoms in total. The third-order valence-corrected chi connectivity index (χ3v) is 4.54. The molecule has 1 aromatic heterocycles. The van der Waals surface area contributed by atoms with E-state index in [1.165, 1.54) is 12.1 Å². The van der Waals surface area contributed by atoms with Gasteiger partial charge in [0.1, 0.15) is 11.9 Å². The lowest BCUT2D eigenvalue weighted by atomic mass is 10.1. The van der Waals surface area contributed by atoms with Gasteiger partial charge in [-0.15, -0.1) is 10.2 Å². The summed E-state index contributed by atoms with van der Waals surface area (Å²) in [7, 11) is 0. The van der Waals surface area contributed by atoms with Gasteiger partial charge in [0.2, 0.25) is 11.8 Å². The molecule has 0 bridgehead atoms. The number of urea groups is 1. The van der Waals surface area contributed by atoms with E-state index < -0.39 is 17.9 Å². The summed E-state index contributed by atoms with van der Waals surface area (Å²) in [6.07, 6.45) is 0. The molecule has 0 aliphatic rings. The zero-order valence-corrected chi connectivity index (χ0v) is 16.3. The van der Waals surface area contributed by atoms with Crippen LogP contribution in [0.5, 0.6) is 0 Å². The highest BCUT2D eigenvalue weighted by molar-refractivity contribution is 6.30. The molecule has 0 spiro atoms. The number of benzene rings is 3. The summed E-state index contributed by atoms with van der Waals surface area (Å²) in [4.78, 5) is 12.6. The van der Waals surface area contributed by atoms with Gasteiger partial charge < -0.3 is 15.1 Å². The van der Waals surface area contributed by atoms with Crippen LogP contribution in [0.15, 0.2) is 83.3 Å². The van der Waals surface area contributed by atoms with Crippen LogP contribution >= 0.6 is 11.6 Å². The summed E-state index contributed by atoms with van der Waals surface area (Å²) < 4.78 is 19.2. The number of aromatic nitrogens is 2. The minimum atomic E-state index is -0.775. The number of amides is 2. The van der Waals surface area contributed by atoms with Crippen LogP contribution in [0.3, 0.4) is 0 Å². The van der Waals surface area contributed by atoms with E-state index in [1.807, 2.05) is 30.3 Å². The lowest BCUT2D eigenvalue weighted by Crippen LogP contribution is -2.33. The van der Waals surface area contributed by atoms with Gasteiger partial charge in [-0.1, -0.05) is 41.9 Å². The van der Waals surface area contributed by atoms with Crippen molar-refractivity contribution in [1.82, 2.24) is 15.5 Å². The third-order valence-electron chi connectivity index (χ3n) is 4.29. The SMILES string of the molecule is O=C(Nc1ccc(Cl)cc1)N[C@H](c1ccc(F)cc1)c1nnc(-c2ccccc2)o1. The normalized spacial score (nSPS) is 11.7. The maximum Gasteiger partial charge on any atom is 0.320 e. The Bertz CT molecular complexity index is 1130. The summed E-state index contributed by atoms with van der Waals surface area (Å²) in [6.45, 7) is 0. The van der Waals surface area contributed by atoms with E-state index in [2.05, 4.69) is 20.8 Å². The Morgan fingerprint density at radius 3 is 2.33 bits per heavy atom. The highest BCUT2D eigenvalue weighted by Crippen LogP contribution is 2.25. The van der Waals surface area contributed by atoms with Gasteiger partial charge >= 0.3 is 6.03 Å². The maximum absolute atomic E-state index is 13.4. The van der Waals surface area contributed by atoms with Crippen molar-refractivity contribution in [3.63, 3.8) is 0 Å². The standard InChI is InChI=1S/C22H16ClFN4O2/c23-16-8-12-18(13-9-16)25-22(29)26-19(14-6-10-17(24)11-7-14)21-28-27-20(30-21)15-4-2-1-3-5-15/h1-13,19H,(H2,25,26,29)/t19-/m1/s1. The van der Waals surface area contributed by atoms with Crippen molar-refractivity contribution in [3.8, 4) is 11.5 Å². The molecule has 4 aromatic rings. The van der Waals surface area contributed by atoms with Crippen LogP contribution in [0.1, 0.15) is 17.5 Å². The van der Waals surface area contributed by atoms with Gasteiger partial charge in [0.05, 0.1) is 0 Å². The molecule has 2 N–H and O–H groups in total. The average Bonchev–Trinajstić information content (AvgIpc) is 3.25. The first kappa shape index (κ1) is 19.6. The number of halogens is 2. The smallest absolute Gasteiger partial charge is 0.320 e. The quantitative estimate of drug-likeness (QED) is 0.448. The Kier molecular flexibility index (Phi) is 5.72. The Morgan fingerprint density at radius 2 is 1.63 bits per heavy atom. The van der Waals surface area contributed by atoms with Crippen molar-refractivity contribution in [2.24, 2.45) is 0 Å². The van der Waals surface area contributed by atoms with Gasteiger partial charge in [-0.3, -0.25) is 0 Å². The summed E-state index contributed by atoms with van der Waals surface area (Å²) in [5.41, 5.74) is 1.90. The van der Waals surface area contributed by atoms with E-state index in [9.17, 15) is 9.18 Å². The second-order valence-corrected chi connectivity index (χ2v) is 6.84. The van der Waals surface area contributed by atoms with Crippen LogP contribution in [0.25, 0.3) is 11.5 Å². The number of nitrogens with zero attached hydrogens (tertiary/aromatic N) is 2. The van der Waals surface area contributed by atoms with Gasteiger partial charge in [0.15, 0.2) is 0 Å². The zero-order valence-electron chi connectivity index (χ0n) is 15.5. The fourth-order valence-electron chi connectivity index (χ4n) is 2.82. The van der Waals surface area contributed by atoms with E-state index in [-0.39, 0.29) is 5.89 Å². The molecule has 150 valence electrons. The molecule has 30 heavy (non-hydrogen) atoms. The molecule has 2 amide bonds. The molecule has 0 saturated heterocycles. The monoisotopic (exact) mass is 422 g/mol. The van der Waals surface area contributed by atoms with E-state index in [0.29, 0.717) is 22.2 Å². The summed E-state index contributed by atoms with van der Waals surface area (Å²) in [5.74, 6) is 0.1000. The van der Waals surface area contributed by atoms with Crippen molar-refractivity contribution in [1.29, 1.82) is 0 Å². The summed E-state index contributed by atoms with van der Waals surface area (Å²) in [6, 6.07) is 20.4. The van der Waals surface area contributed by atoms with E-state index in [4.69, 9.17) is 16.0 Å². The second-order valence-electron chi connectivity index (χ2n) is 6.40. The van der Waals surface area contributed by atoms with Crippen LogP contribution in [0, 0.1) is 5.82 Å². The highest BCUT2D eigenvalue weighted by Gasteiger charge is 2.23. The van der Waals surface area contributed by atoms with Crippen molar-refractivity contribution >= 4 is 23.3 Å². The zero-order chi connectivity index (χ0) is 20.9. The first-order valence-electron chi connectivity index (χ1n) is 9.06. The molecule has 4 rings (SSSR count). The van der Waals surface area contributed by atoms with Crippen LogP contribution < -0.4 is 10.6 Å². The minimum Gasteiger partial charge on any atom is -0.418 e. The molecule has 0 unspecified atom stereocenters.